The molecule has 0 N–H and O–H groups in total. The first-order chi connectivity index (χ1) is 9.25. The fraction of sp³-hybridized carbons (Fsp3) is 0.182. The van der Waals surface area contributed by atoms with Crippen molar-refractivity contribution >= 4 is 17.6 Å². The zero-order chi connectivity index (χ0) is 14.9. The van der Waals surface area contributed by atoms with Crippen LogP contribution in [0.25, 0.3) is 11.5 Å². The minimum Gasteiger partial charge on any atom is -0.550 e. The Morgan fingerprint density at radius 2 is 1.95 bits per heavy atom. The molecule has 0 unspecified atom stereocenters. The average molecular weight is 313 g/mol. The van der Waals surface area contributed by atoms with E-state index in [1.807, 2.05) is 0 Å². The Morgan fingerprint density at radius 1 is 1.29 bits per heavy atom. The number of aliphatic carboxylic acids is 1. The number of halogens is 4. The molecule has 0 bridgehead atoms. The minimum absolute atomic E-state index is 0. The summed E-state index contributed by atoms with van der Waals surface area (Å²) in [6, 6.07) is 2.73. The Bertz CT molecular complexity index is 660. The molecular weight excluding hydrogens is 308 g/mol. The molecule has 2 rings (SSSR count). The molecule has 106 valence electrons. The number of hydrogen-bond acceptors (Lipinski definition) is 5. The van der Waals surface area contributed by atoms with Crippen LogP contribution in [0.4, 0.5) is 13.2 Å². The van der Waals surface area contributed by atoms with Crippen molar-refractivity contribution in [3.8, 4) is 11.5 Å². The Kier molecular flexibility index (Phi) is 5.45. The maximum Gasteiger partial charge on any atom is 1.00 e. The van der Waals surface area contributed by atoms with E-state index in [0.29, 0.717) is 0 Å². The fourth-order valence-electron chi connectivity index (χ4n) is 1.44. The van der Waals surface area contributed by atoms with E-state index in [2.05, 4.69) is 10.2 Å². The predicted octanol–water partition coefficient (Wildman–Crippen LogP) is -1.29. The van der Waals surface area contributed by atoms with Gasteiger partial charge in [0.25, 0.3) is 0 Å². The molecule has 5 nitrogen and oxygen atoms in total. The van der Waals surface area contributed by atoms with Crippen LogP contribution in [0.5, 0.6) is 0 Å². The number of rotatable bonds is 3. The molecule has 1 aromatic heterocycles. The molecule has 0 amide bonds. The molecule has 0 fully saturated rings. The van der Waals surface area contributed by atoms with Gasteiger partial charge in [0.2, 0.25) is 11.8 Å². The number of aromatic nitrogens is 2. The van der Waals surface area contributed by atoms with Crippen molar-refractivity contribution in [2.75, 3.05) is 0 Å². The minimum atomic E-state index is -4.58. The molecule has 0 atom stereocenters. The number of carboxylic acids is 1. The van der Waals surface area contributed by atoms with E-state index in [0.717, 1.165) is 12.1 Å². The summed E-state index contributed by atoms with van der Waals surface area (Å²) >= 11 is 5.60. The standard InChI is InChI=1S/C11H6ClF3N2O3.Li/c12-7-2-5(1-6(3-7)11(13,14)15)10-17-16-8(20-10)4-9(18)19;/h1-3H,4H2,(H,18,19);/q;+1/p-1. The molecule has 1 heterocycles. The quantitative estimate of drug-likeness (QED) is 0.659. The van der Waals surface area contributed by atoms with E-state index in [4.69, 9.17) is 16.0 Å². The molecule has 10 heteroatoms. The van der Waals surface area contributed by atoms with Crippen LogP contribution >= 0.6 is 11.6 Å². The SMILES string of the molecule is O=C([O-])Cc1nnc(-c2cc(Cl)cc(C(F)(F)F)c2)o1.[Li+]. The molecule has 0 saturated carbocycles. The largest absolute Gasteiger partial charge is 1.00 e. The van der Waals surface area contributed by atoms with Crippen LogP contribution in [-0.2, 0) is 17.4 Å². The second-order valence-electron chi connectivity index (χ2n) is 3.78. The third kappa shape index (κ3) is 4.49. The van der Waals surface area contributed by atoms with E-state index in [9.17, 15) is 23.1 Å². The Labute approximate surface area is 133 Å². The van der Waals surface area contributed by atoms with Gasteiger partial charge in [0.15, 0.2) is 0 Å². The van der Waals surface area contributed by atoms with Gasteiger partial charge in [-0.1, -0.05) is 11.6 Å². The summed E-state index contributed by atoms with van der Waals surface area (Å²) in [5.41, 5.74) is -1.03. The Morgan fingerprint density at radius 3 is 2.52 bits per heavy atom. The van der Waals surface area contributed by atoms with Gasteiger partial charge in [-0.15, -0.1) is 10.2 Å². The van der Waals surface area contributed by atoms with Crippen LogP contribution < -0.4 is 24.0 Å². The Hall–Kier alpha value is -1.49. The van der Waals surface area contributed by atoms with E-state index >= 15 is 0 Å². The summed E-state index contributed by atoms with van der Waals surface area (Å²) in [6.07, 6.45) is -5.20. The number of benzene rings is 1. The summed E-state index contributed by atoms with van der Waals surface area (Å²) in [6.45, 7) is 0. The van der Waals surface area contributed by atoms with Crippen molar-refractivity contribution in [2.45, 2.75) is 12.6 Å². The van der Waals surface area contributed by atoms with Gasteiger partial charge in [0, 0.05) is 10.6 Å². The van der Waals surface area contributed by atoms with E-state index in [1.165, 1.54) is 6.07 Å². The molecule has 0 aliphatic rings. The summed E-state index contributed by atoms with van der Waals surface area (Å²) < 4.78 is 42.8. The van der Waals surface area contributed by atoms with Gasteiger partial charge in [-0.3, -0.25) is 0 Å². The molecule has 1 aromatic carbocycles. The van der Waals surface area contributed by atoms with Gasteiger partial charge < -0.3 is 14.3 Å². The maximum absolute atomic E-state index is 12.6. The molecular formula is C11H5ClF3LiN2O3. The number of carboxylic acid groups (broad SMARTS) is 1. The fourth-order valence-corrected chi connectivity index (χ4v) is 1.68. The number of alkyl halides is 3. The summed E-state index contributed by atoms with van der Waals surface area (Å²) in [5.74, 6) is -1.97. The molecule has 0 spiro atoms. The number of hydrogen-bond donors (Lipinski definition) is 0. The van der Waals surface area contributed by atoms with E-state index in [1.54, 1.807) is 0 Å². The third-order valence-corrected chi connectivity index (χ3v) is 2.45. The normalized spacial score (nSPS) is 11.0. The zero-order valence-electron chi connectivity index (χ0n) is 10.6. The first-order valence-corrected chi connectivity index (χ1v) is 5.54. The number of carbonyl (C=O) groups excluding carboxylic acids is 1. The van der Waals surface area contributed by atoms with Gasteiger partial charge in [0.1, 0.15) is 0 Å². The Balaban J connectivity index is 0.00000220. The van der Waals surface area contributed by atoms with Crippen molar-refractivity contribution in [3.05, 3.63) is 34.7 Å². The van der Waals surface area contributed by atoms with Crippen LogP contribution in [0.1, 0.15) is 11.5 Å². The molecule has 0 aliphatic carbocycles. The number of carbonyl (C=O) groups is 1. The monoisotopic (exact) mass is 312 g/mol. The molecule has 0 radical (unpaired) electrons. The van der Waals surface area contributed by atoms with E-state index in [-0.39, 0.29) is 41.2 Å². The summed E-state index contributed by atoms with van der Waals surface area (Å²) in [7, 11) is 0. The second-order valence-corrected chi connectivity index (χ2v) is 4.21. The molecule has 0 saturated heterocycles. The van der Waals surface area contributed by atoms with Crippen LogP contribution in [0.3, 0.4) is 0 Å². The predicted molar refractivity (Wildman–Crippen MR) is 58.5 cm³/mol. The van der Waals surface area contributed by atoms with Crippen molar-refractivity contribution in [2.24, 2.45) is 0 Å². The van der Waals surface area contributed by atoms with Crippen molar-refractivity contribution in [1.29, 1.82) is 0 Å². The van der Waals surface area contributed by atoms with Crippen LogP contribution in [-0.4, -0.2) is 16.2 Å². The smallest absolute Gasteiger partial charge is 0.550 e. The van der Waals surface area contributed by atoms with Gasteiger partial charge in [-0.05, 0) is 18.2 Å². The number of nitrogens with zero attached hydrogens (tertiary/aromatic N) is 2. The third-order valence-electron chi connectivity index (χ3n) is 2.23. The van der Waals surface area contributed by atoms with Crippen molar-refractivity contribution < 1.29 is 46.4 Å². The topological polar surface area (TPSA) is 79.0 Å². The van der Waals surface area contributed by atoms with Crippen molar-refractivity contribution in [1.82, 2.24) is 10.2 Å². The van der Waals surface area contributed by atoms with Gasteiger partial charge in [0.05, 0.1) is 18.0 Å². The zero-order valence-corrected chi connectivity index (χ0v) is 11.3. The molecule has 2 aromatic rings. The van der Waals surface area contributed by atoms with E-state index < -0.39 is 24.1 Å². The first-order valence-electron chi connectivity index (χ1n) is 5.16. The van der Waals surface area contributed by atoms with Gasteiger partial charge >= 0.3 is 25.0 Å². The summed E-state index contributed by atoms with van der Waals surface area (Å²) in [4.78, 5) is 10.3. The van der Waals surface area contributed by atoms with Crippen molar-refractivity contribution in [3.63, 3.8) is 0 Å². The first kappa shape index (κ1) is 17.6. The summed E-state index contributed by atoms with van der Waals surface area (Å²) in [5, 5.41) is 17.0. The average Bonchev–Trinajstić information content (AvgIpc) is 2.74. The van der Waals surface area contributed by atoms with Gasteiger partial charge in [-0.2, -0.15) is 13.2 Å². The molecule has 21 heavy (non-hydrogen) atoms. The van der Waals surface area contributed by atoms with Crippen LogP contribution in [0.15, 0.2) is 22.6 Å². The second kappa shape index (κ2) is 6.52. The maximum atomic E-state index is 12.6. The van der Waals surface area contributed by atoms with Crippen LogP contribution in [0, 0.1) is 0 Å². The molecule has 0 aliphatic heterocycles. The van der Waals surface area contributed by atoms with Gasteiger partial charge in [-0.25, -0.2) is 0 Å². The van der Waals surface area contributed by atoms with Crippen LogP contribution in [0.2, 0.25) is 5.02 Å².